The molecule has 0 aromatic heterocycles. The molecule has 1 unspecified atom stereocenters. The zero-order valence-corrected chi connectivity index (χ0v) is 13.0. The molecule has 0 saturated carbocycles. The predicted octanol–water partition coefficient (Wildman–Crippen LogP) is 1.76. The summed E-state index contributed by atoms with van der Waals surface area (Å²) in [6.45, 7) is 8.65. The Morgan fingerprint density at radius 3 is 2.25 bits per heavy atom. The monoisotopic (exact) mass is 285 g/mol. The van der Waals surface area contributed by atoms with Crippen molar-refractivity contribution in [2.24, 2.45) is 5.92 Å². The molecule has 0 radical (unpaired) electrons. The maximum Gasteiger partial charge on any atom is 0.411 e. The van der Waals surface area contributed by atoms with Crippen LogP contribution in [-0.2, 0) is 19.1 Å². The number of amides is 1. The van der Waals surface area contributed by atoms with Gasteiger partial charge in [0.1, 0.15) is 5.60 Å². The molecule has 0 bridgehead atoms. The quantitative estimate of drug-likeness (QED) is 0.723. The van der Waals surface area contributed by atoms with E-state index in [4.69, 9.17) is 9.47 Å². The summed E-state index contributed by atoms with van der Waals surface area (Å²) in [5, 5.41) is 0. The van der Waals surface area contributed by atoms with Gasteiger partial charge in [0.2, 0.25) is 0 Å². The minimum Gasteiger partial charge on any atom is -0.467 e. The fraction of sp³-hybridized carbons (Fsp3) is 0.786. The molecule has 20 heavy (non-hydrogen) atoms. The van der Waals surface area contributed by atoms with Crippen molar-refractivity contribution in [3.63, 3.8) is 0 Å². The number of esters is 1. The third kappa shape index (κ3) is 2.94. The molecule has 1 amide bonds. The molecular formula is C14H23NO5. The van der Waals surface area contributed by atoms with E-state index in [1.54, 1.807) is 34.6 Å². The predicted molar refractivity (Wildman–Crippen MR) is 72.1 cm³/mol. The molecule has 6 nitrogen and oxygen atoms in total. The van der Waals surface area contributed by atoms with E-state index in [1.807, 2.05) is 0 Å². The Morgan fingerprint density at radius 1 is 1.30 bits per heavy atom. The lowest BCUT2D eigenvalue weighted by Gasteiger charge is -2.38. The Morgan fingerprint density at radius 2 is 1.85 bits per heavy atom. The van der Waals surface area contributed by atoms with Crippen LogP contribution in [0.25, 0.3) is 0 Å². The Bertz CT molecular complexity index is 424. The van der Waals surface area contributed by atoms with Crippen LogP contribution < -0.4 is 0 Å². The van der Waals surface area contributed by atoms with E-state index in [0.29, 0.717) is 0 Å². The van der Waals surface area contributed by atoms with E-state index < -0.39 is 23.2 Å². The highest BCUT2D eigenvalue weighted by Gasteiger charge is 2.57. The van der Waals surface area contributed by atoms with Crippen molar-refractivity contribution in [2.75, 3.05) is 13.7 Å². The number of nitrogens with zero attached hydrogens (tertiary/aromatic N) is 1. The standard InChI is InChI=1S/C14H23NO5/c1-9(2)14(11(17)19-6)7-10(16)8-15(14)12(18)20-13(3,4)5/h9H,7-8H2,1-6H3. The van der Waals surface area contributed by atoms with Crippen LogP contribution in [0.3, 0.4) is 0 Å². The summed E-state index contributed by atoms with van der Waals surface area (Å²) in [4.78, 5) is 37.5. The third-order valence-electron chi connectivity index (χ3n) is 3.39. The molecule has 6 heteroatoms. The van der Waals surface area contributed by atoms with Crippen molar-refractivity contribution >= 4 is 17.8 Å². The first-order valence-corrected chi connectivity index (χ1v) is 6.65. The molecule has 0 spiro atoms. The van der Waals surface area contributed by atoms with Crippen LogP contribution in [0.15, 0.2) is 0 Å². The maximum atomic E-state index is 12.3. The van der Waals surface area contributed by atoms with Gasteiger partial charge in [-0.25, -0.2) is 9.59 Å². The molecule has 1 aliphatic rings. The van der Waals surface area contributed by atoms with Crippen LogP contribution in [0.1, 0.15) is 41.0 Å². The van der Waals surface area contributed by atoms with Crippen LogP contribution in [0, 0.1) is 5.92 Å². The maximum absolute atomic E-state index is 12.3. The molecule has 0 aromatic rings. The first-order chi connectivity index (χ1) is 9.04. The van der Waals surface area contributed by atoms with Crippen molar-refractivity contribution in [1.82, 2.24) is 4.90 Å². The molecular weight excluding hydrogens is 262 g/mol. The first-order valence-electron chi connectivity index (χ1n) is 6.65. The van der Waals surface area contributed by atoms with Gasteiger partial charge < -0.3 is 9.47 Å². The highest BCUT2D eigenvalue weighted by atomic mass is 16.6. The molecule has 114 valence electrons. The SMILES string of the molecule is COC(=O)C1(C(C)C)CC(=O)CN1C(=O)OC(C)(C)C. The Labute approximate surface area is 119 Å². The zero-order valence-electron chi connectivity index (χ0n) is 13.0. The largest absolute Gasteiger partial charge is 0.467 e. The molecule has 1 heterocycles. The van der Waals surface area contributed by atoms with Gasteiger partial charge in [0, 0.05) is 6.42 Å². The summed E-state index contributed by atoms with van der Waals surface area (Å²) in [7, 11) is 1.25. The number of methoxy groups -OCH3 is 1. The van der Waals surface area contributed by atoms with E-state index in [-0.39, 0.29) is 24.7 Å². The van der Waals surface area contributed by atoms with E-state index in [0.717, 1.165) is 0 Å². The van der Waals surface area contributed by atoms with E-state index >= 15 is 0 Å². The summed E-state index contributed by atoms with van der Waals surface area (Å²) in [6, 6.07) is 0. The van der Waals surface area contributed by atoms with Gasteiger partial charge in [0.25, 0.3) is 0 Å². The van der Waals surface area contributed by atoms with Gasteiger partial charge in [-0.05, 0) is 26.7 Å². The van der Waals surface area contributed by atoms with Gasteiger partial charge in [0.15, 0.2) is 11.3 Å². The average Bonchev–Trinajstić information content (AvgIpc) is 2.65. The van der Waals surface area contributed by atoms with Crippen molar-refractivity contribution in [2.45, 2.75) is 52.2 Å². The van der Waals surface area contributed by atoms with Crippen molar-refractivity contribution in [3.8, 4) is 0 Å². The number of likely N-dealkylation sites (tertiary alicyclic amines) is 1. The van der Waals surface area contributed by atoms with Crippen LogP contribution in [-0.4, -0.2) is 47.5 Å². The Kier molecular flexibility index (Phi) is 4.46. The van der Waals surface area contributed by atoms with E-state index in [1.165, 1.54) is 12.0 Å². The lowest BCUT2D eigenvalue weighted by molar-refractivity contribution is -0.156. The number of rotatable bonds is 2. The highest BCUT2D eigenvalue weighted by Crippen LogP contribution is 2.36. The van der Waals surface area contributed by atoms with Crippen LogP contribution in [0.2, 0.25) is 0 Å². The van der Waals surface area contributed by atoms with Gasteiger partial charge in [-0.1, -0.05) is 13.8 Å². The Balaban J connectivity index is 3.17. The fourth-order valence-electron chi connectivity index (χ4n) is 2.42. The highest BCUT2D eigenvalue weighted by molar-refractivity contribution is 5.99. The minimum absolute atomic E-state index is 0.0312. The van der Waals surface area contributed by atoms with Gasteiger partial charge in [-0.15, -0.1) is 0 Å². The van der Waals surface area contributed by atoms with Crippen LogP contribution in [0.4, 0.5) is 4.79 Å². The lowest BCUT2D eigenvalue weighted by Crippen LogP contribution is -2.57. The molecule has 1 fully saturated rings. The molecule has 0 N–H and O–H groups in total. The van der Waals surface area contributed by atoms with Gasteiger partial charge in [-0.2, -0.15) is 0 Å². The smallest absolute Gasteiger partial charge is 0.411 e. The number of ether oxygens (including phenoxy) is 2. The molecule has 0 aliphatic carbocycles. The van der Waals surface area contributed by atoms with Gasteiger partial charge >= 0.3 is 12.1 Å². The minimum atomic E-state index is -1.27. The molecule has 1 saturated heterocycles. The molecule has 0 aromatic carbocycles. The molecule has 1 rings (SSSR count). The van der Waals surface area contributed by atoms with Crippen LogP contribution >= 0.6 is 0 Å². The average molecular weight is 285 g/mol. The summed E-state index contributed by atoms with van der Waals surface area (Å²) in [6.07, 6.45) is -0.696. The molecule has 1 aliphatic heterocycles. The second-order valence-corrected chi connectivity index (χ2v) is 6.35. The normalized spacial score (nSPS) is 23.1. The van der Waals surface area contributed by atoms with Crippen molar-refractivity contribution in [3.05, 3.63) is 0 Å². The number of hydrogen-bond donors (Lipinski definition) is 0. The Hall–Kier alpha value is -1.59. The fourth-order valence-corrected chi connectivity index (χ4v) is 2.42. The summed E-state index contributed by atoms with van der Waals surface area (Å²) >= 11 is 0. The second kappa shape index (κ2) is 5.42. The number of carbonyl (C=O) groups is 3. The van der Waals surface area contributed by atoms with E-state index in [9.17, 15) is 14.4 Å². The molecule has 1 atom stereocenters. The van der Waals surface area contributed by atoms with Gasteiger partial charge in [0.05, 0.1) is 13.7 Å². The van der Waals surface area contributed by atoms with Gasteiger partial charge in [-0.3, -0.25) is 9.69 Å². The number of Topliss-reactive ketones (excluding diaryl/α,β-unsaturated/α-hetero) is 1. The third-order valence-corrected chi connectivity index (χ3v) is 3.39. The number of carbonyl (C=O) groups excluding carboxylic acids is 3. The van der Waals surface area contributed by atoms with Crippen LogP contribution in [0.5, 0.6) is 0 Å². The second-order valence-electron chi connectivity index (χ2n) is 6.35. The number of ketones is 1. The van der Waals surface area contributed by atoms with E-state index in [2.05, 4.69) is 0 Å². The lowest BCUT2D eigenvalue weighted by atomic mass is 9.83. The van der Waals surface area contributed by atoms with Crippen molar-refractivity contribution < 1.29 is 23.9 Å². The zero-order chi connectivity index (χ0) is 15.7. The number of hydrogen-bond acceptors (Lipinski definition) is 5. The topological polar surface area (TPSA) is 72.9 Å². The first kappa shape index (κ1) is 16.5. The summed E-state index contributed by atoms with van der Waals surface area (Å²) in [5.74, 6) is -1.01. The summed E-state index contributed by atoms with van der Waals surface area (Å²) in [5.41, 5.74) is -1.96. The summed E-state index contributed by atoms with van der Waals surface area (Å²) < 4.78 is 10.1. The van der Waals surface area contributed by atoms with Crippen molar-refractivity contribution in [1.29, 1.82) is 0 Å².